The van der Waals surface area contributed by atoms with Gasteiger partial charge in [-0.15, -0.1) is 0 Å². The molecule has 0 aliphatic rings. The van der Waals surface area contributed by atoms with Gasteiger partial charge in [0.2, 0.25) is 0 Å². The molecule has 0 unspecified atom stereocenters. The Labute approximate surface area is 432 Å². The van der Waals surface area contributed by atoms with Crippen molar-refractivity contribution in [3.8, 4) is 0 Å². The summed E-state index contributed by atoms with van der Waals surface area (Å²) in [6.07, 6.45) is 57.5. The van der Waals surface area contributed by atoms with E-state index in [9.17, 15) is 19.2 Å². The molecule has 8 nitrogen and oxygen atoms in total. The van der Waals surface area contributed by atoms with Crippen molar-refractivity contribution in [1.29, 1.82) is 0 Å². The third-order valence-corrected chi connectivity index (χ3v) is 23.2. The summed E-state index contributed by atoms with van der Waals surface area (Å²) in [5.74, 6) is -2.46. The van der Waals surface area contributed by atoms with Gasteiger partial charge in [0.15, 0.2) is 0 Å². The first-order chi connectivity index (χ1) is 33.8. The number of carbonyl (C=O) groups excluding carboxylic acids is 4. The SMILES string of the molecule is CCCCCCCCCCCCCCOC(=O)C=CC(=O)[O][Sn]([CH2]CCCCCCCCCCC)([CH2]CCCCCCCCCCC)[O]C(=O)C=CC(=O)OCCCCCCCCCCCCCC. The first kappa shape index (κ1) is 67.2. The summed E-state index contributed by atoms with van der Waals surface area (Å²) in [6.45, 7) is 9.64. The molecule has 0 bridgehead atoms. The Morgan fingerprint density at radius 1 is 0.261 bits per heavy atom. The van der Waals surface area contributed by atoms with Gasteiger partial charge in [-0.1, -0.05) is 104 Å². The first-order valence-electron chi connectivity index (χ1n) is 30.0. The third-order valence-electron chi connectivity index (χ3n) is 13.6. The van der Waals surface area contributed by atoms with Crippen molar-refractivity contribution >= 4 is 43.1 Å². The summed E-state index contributed by atoms with van der Waals surface area (Å²) in [7, 11) is 0. The van der Waals surface area contributed by atoms with E-state index in [0.29, 0.717) is 22.1 Å². The maximum absolute atomic E-state index is 13.5. The number of rotatable bonds is 54. The van der Waals surface area contributed by atoms with E-state index in [0.717, 1.165) is 101 Å². The Morgan fingerprint density at radius 2 is 0.449 bits per heavy atom. The van der Waals surface area contributed by atoms with Crippen LogP contribution in [0.2, 0.25) is 8.87 Å². The fourth-order valence-electron chi connectivity index (χ4n) is 9.15. The molecule has 0 N–H and O–H groups in total. The minimum atomic E-state index is -4.47. The molecule has 9 heteroatoms. The Bertz CT molecular complexity index is 1130. The van der Waals surface area contributed by atoms with Crippen LogP contribution in [0.3, 0.4) is 0 Å². The van der Waals surface area contributed by atoms with E-state index in [4.69, 9.17) is 15.6 Å². The monoisotopic (exact) mass is 1080 g/mol. The average Bonchev–Trinajstić information content (AvgIpc) is 3.34. The minimum absolute atomic E-state index is 0.321. The van der Waals surface area contributed by atoms with Crippen molar-refractivity contribution in [3.05, 3.63) is 24.3 Å². The summed E-state index contributed by atoms with van der Waals surface area (Å²) < 4.78 is 24.5. The van der Waals surface area contributed by atoms with E-state index in [-0.39, 0.29) is 0 Å². The number of ether oxygens (including phenoxy) is 2. The van der Waals surface area contributed by atoms with E-state index in [1.165, 1.54) is 205 Å². The van der Waals surface area contributed by atoms with Crippen molar-refractivity contribution in [2.75, 3.05) is 13.2 Å². The molecule has 0 amide bonds. The molecule has 0 aliphatic carbocycles. The summed E-state index contributed by atoms with van der Waals surface area (Å²) in [6, 6.07) is 0. The standard InChI is InChI=1S/2C18H32O4.2C12H25.Sn/c2*1-2-3-4-5-6-7-8-9-10-11-12-13-16-22-18(21)15-14-17(19)20;2*1-3-5-7-9-11-12-10-8-6-4-2;/h2*14-15H,2-13,16H2,1H3,(H,19,20);2*1,3-12H2,2H3;/q;;;;+2/p-2. The average molecular weight is 1080 g/mol. The Kier molecular flexibility index (Phi) is 52.5. The number of esters is 2. The van der Waals surface area contributed by atoms with Crippen LogP contribution < -0.4 is 0 Å². The predicted octanol–water partition coefficient (Wildman–Crippen LogP) is 19.0. The molecule has 0 radical (unpaired) electrons. The molecule has 0 aliphatic heterocycles. The molecule has 0 fully saturated rings. The molecular weight excluding hydrogens is 967 g/mol. The molecule has 0 rings (SSSR count). The van der Waals surface area contributed by atoms with E-state index in [2.05, 4.69) is 27.7 Å². The van der Waals surface area contributed by atoms with Crippen LogP contribution in [0.15, 0.2) is 24.3 Å². The van der Waals surface area contributed by atoms with Crippen molar-refractivity contribution in [2.45, 2.75) is 319 Å². The molecule has 0 atom stereocenters. The molecule has 0 saturated carbocycles. The normalized spacial score (nSPS) is 11.8. The minimum Gasteiger partial charge on any atom is -0.0654 e. The van der Waals surface area contributed by atoms with Crippen molar-refractivity contribution in [3.63, 3.8) is 0 Å². The van der Waals surface area contributed by atoms with Gasteiger partial charge in [-0.3, -0.25) is 0 Å². The van der Waals surface area contributed by atoms with Crippen LogP contribution >= 0.6 is 0 Å². The topological polar surface area (TPSA) is 105 Å². The van der Waals surface area contributed by atoms with Crippen LogP contribution in [-0.2, 0) is 34.8 Å². The number of hydrogen-bond acceptors (Lipinski definition) is 8. The van der Waals surface area contributed by atoms with Gasteiger partial charge < -0.3 is 0 Å². The molecule has 0 aromatic rings. The molecule has 0 aromatic heterocycles. The summed E-state index contributed by atoms with van der Waals surface area (Å²) in [5, 5.41) is 0. The second-order valence-corrected chi connectivity index (χ2v) is 29.6. The van der Waals surface area contributed by atoms with Gasteiger partial charge in [-0.05, 0) is 0 Å². The smallest absolute Gasteiger partial charge is 0.0654 e. The fraction of sp³-hybridized carbons (Fsp3) is 0.867. The molecule has 404 valence electrons. The van der Waals surface area contributed by atoms with Crippen LogP contribution in [0.25, 0.3) is 0 Å². The molecule has 69 heavy (non-hydrogen) atoms. The van der Waals surface area contributed by atoms with Crippen molar-refractivity contribution in [2.24, 2.45) is 0 Å². The van der Waals surface area contributed by atoms with Crippen LogP contribution in [0.1, 0.15) is 310 Å². The molecule has 0 aromatic carbocycles. The van der Waals surface area contributed by atoms with Gasteiger partial charge in [0.1, 0.15) is 0 Å². The van der Waals surface area contributed by atoms with E-state index in [1.807, 2.05) is 0 Å². The summed E-state index contributed by atoms with van der Waals surface area (Å²) >= 11 is -4.47. The number of carbonyl (C=O) groups is 4. The van der Waals surface area contributed by atoms with Crippen molar-refractivity contribution < 1.29 is 34.8 Å². The Balaban J connectivity index is 5.40. The molecule has 0 spiro atoms. The van der Waals surface area contributed by atoms with Crippen LogP contribution in [-0.4, -0.2) is 56.3 Å². The Morgan fingerprint density at radius 3 is 0.681 bits per heavy atom. The second kappa shape index (κ2) is 53.9. The first-order valence-corrected chi connectivity index (χ1v) is 36.3. The zero-order chi connectivity index (χ0) is 50.4. The van der Waals surface area contributed by atoms with Gasteiger partial charge in [-0.2, -0.15) is 0 Å². The molecule has 0 saturated heterocycles. The van der Waals surface area contributed by atoms with Gasteiger partial charge >= 0.3 is 331 Å². The number of hydrogen-bond donors (Lipinski definition) is 0. The molecule has 0 heterocycles. The fourth-order valence-corrected chi connectivity index (χ4v) is 18.1. The Hall–Kier alpha value is -1.84. The van der Waals surface area contributed by atoms with Crippen LogP contribution in [0, 0.1) is 0 Å². The maximum atomic E-state index is 13.5. The van der Waals surface area contributed by atoms with Crippen LogP contribution in [0.4, 0.5) is 0 Å². The van der Waals surface area contributed by atoms with Gasteiger partial charge in [-0.25, -0.2) is 0 Å². The predicted molar refractivity (Wildman–Crippen MR) is 294 cm³/mol. The summed E-state index contributed by atoms with van der Waals surface area (Å²) in [5.41, 5.74) is 0. The zero-order valence-electron chi connectivity index (χ0n) is 46.0. The van der Waals surface area contributed by atoms with E-state index in [1.54, 1.807) is 0 Å². The van der Waals surface area contributed by atoms with Crippen LogP contribution in [0.5, 0.6) is 0 Å². The third kappa shape index (κ3) is 49.5. The second-order valence-electron chi connectivity index (χ2n) is 20.4. The quantitative estimate of drug-likeness (QED) is 0.0257. The van der Waals surface area contributed by atoms with E-state index >= 15 is 0 Å². The molecular formula is C60H112O8Sn. The van der Waals surface area contributed by atoms with E-state index < -0.39 is 43.1 Å². The number of unbranched alkanes of at least 4 members (excludes halogenated alkanes) is 40. The van der Waals surface area contributed by atoms with Gasteiger partial charge in [0.05, 0.1) is 0 Å². The van der Waals surface area contributed by atoms with Gasteiger partial charge in [0.25, 0.3) is 0 Å². The summed E-state index contributed by atoms with van der Waals surface area (Å²) in [4.78, 5) is 52.3. The van der Waals surface area contributed by atoms with Crippen molar-refractivity contribution in [1.82, 2.24) is 0 Å². The van der Waals surface area contributed by atoms with Gasteiger partial charge in [0, 0.05) is 0 Å². The zero-order valence-corrected chi connectivity index (χ0v) is 48.9.